The first-order valence-electron chi connectivity index (χ1n) is 11.5. The standard InChI is InChI=1S/C27H23FN4O4/c1-2-36-21-11-14-31-22(16-30-23(31)15-21)24(33)17-3-7-19(8-4-17)32(20-9-5-18(28)6-10-20)26(35)27(12-13-27)25(29)34/h3-11,14-16H,2,12-13H2,1H3,(H2,29,34). The molecule has 2 aromatic heterocycles. The van der Waals surface area contributed by atoms with Crippen molar-refractivity contribution in [1.29, 1.82) is 0 Å². The molecular weight excluding hydrogens is 463 g/mol. The molecule has 0 saturated heterocycles. The Bertz CT molecular complexity index is 1470. The summed E-state index contributed by atoms with van der Waals surface area (Å²) in [5.41, 5.74) is 6.41. The van der Waals surface area contributed by atoms with Gasteiger partial charge in [0, 0.05) is 29.2 Å². The largest absolute Gasteiger partial charge is 0.494 e. The molecule has 0 unspecified atom stereocenters. The lowest BCUT2D eigenvalue weighted by molar-refractivity contribution is -0.133. The summed E-state index contributed by atoms with van der Waals surface area (Å²) >= 11 is 0. The molecule has 1 aliphatic rings. The third-order valence-electron chi connectivity index (χ3n) is 6.33. The molecule has 0 bridgehead atoms. The molecule has 9 heteroatoms. The van der Waals surface area contributed by atoms with Crippen molar-refractivity contribution in [3.05, 3.63) is 90.1 Å². The fourth-order valence-electron chi connectivity index (χ4n) is 4.17. The van der Waals surface area contributed by atoms with Crippen LogP contribution in [0.25, 0.3) is 5.65 Å². The molecule has 0 aliphatic heterocycles. The van der Waals surface area contributed by atoms with E-state index < -0.39 is 23.0 Å². The van der Waals surface area contributed by atoms with Gasteiger partial charge < -0.3 is 10.5 Å². The van der Waals surface area contributed by atoms with Gasteiger partial charge in [-0.2, -0.15) is 0 Å². The number of nitrogens with zero attached hydrogens (tertiary/aromatic N) is 3. The lowest BCUT2D eigenvalue weighted by Gasteiger charge is -2.26. The first-order valence-corrected chi connectivity index (χ1v) is 11.5. The number of pyridine rings is 1. The van der Waals surface area contributed by atoms with Crippen molar-refractivity contribution in [1.82, 2.24) is 9.38 Å². The van der Waals surface area contributed by atoms with Gasteiger partial charge in [-0.05, 0) is 74.4 Å². The zero-order valence-electron chi connectivity index (χ0n) is 19.5. The van der Waals surface area contributed by atoms with Crippen molar-refractivity contribution in [3.8, 4) is 5.75 Å². The van der Waals surface area contributed by atoms with E-state index in [1.807, 2.05) is 6.92 Å². The highest BCUT2D eigenvalue weighted by Crippen LogP contribution is 2.49. The van der Waals surface area contributed by atoms with Crippen LogP contribution in [-0.4, -0.2) is 33.6 Å². The van der Waals surface area contributed by atoms with Crippen LogP contribution >= 0.6 is 0 Å². The highest BCUT2D eigenvalue weighted by Gasteiger charge is 2.57. The van der Waals surface area contributed by atoms with E-state index in [0.29, 0.717) is 53.5 Å². The van der Waals surface area contributed by atoms with Gasteiger partial charge in [-0.3, -0.25) is 23.7 Å². The average Bonchev–Trinajstić information content (AvgIpc) is 3.60. The van der Waals surface area contributed by atoms with Crippen LogP contribution in [0.1, 0.15) is 35.8 Å². The van der Waals surface area contributed by atoms with E-state index in [0.717, 1.165) is 0 Å². The van der Waals surface area contributed by atoms with Gasteiger partial charge in [0.25, 0.3) is 0 Å². The number of amides is 2. The van der Waals surface area contributed by atoms with Gasteiger partial charge in [0.1, 0.15) is 28.3 Å². The molecule has 0 radical (unpaired) electrons. The Morgan fingerprint density at radius 3 is 2.28 bits per heavy atom. The van der Waals surface area contributed by atoms with E-state index in [9.17, 15) is 18.8 Å². The zero-order chi connectivity index (χ0) is 25.4. The molecule has 36 heavy (non-hydrogen) atoms. The smallest absolute Gasteiger partial charge is 0.247 e. The lowest BCUT2D eigenvalue weighted by atomic mass is 10.0. The van der Waals surface area contributed by atoms with Gasteiger partial charge in [0.15, 0.2) is 0 Å². The van der Waals surface area contributed by atoms with Gasteiger partial charge in [-0.1, -0.05) is 0 Å². The Labute approximate surface area is 206 Å². The number of fused-ring (bicyclic) bond motifs is 1. The van der Waals surface area contributed by atoms with Crippen molar-refractivity contribution in [2.75, 3.05) is 11.5 Å². The normalized spacial score (nSPS) is 13.8. The minimum atomic E-state index is -1.28. The molecule has 1 saturated carbocycles. The van der Waals surface area contributed by atoms with Gasteiger partial charge in [-0.15, -0.1) is 0 Å². The minimum absolute atomic E-state index is 0.256. The van der Waals surface area contributed by atoms with E-state index in [4.69, 9.17) is 10.5 Å². The number of anilines is 2. The molecule has 2 amide bonds. The zero-order valence-corrected chi connectivity index (χ0v) is 19.5. The minimum Gasteiger partial charge on any atom is -0.494 e. The van der Waals surface area contributed by atoms with Crippen LogP contribution in [0, 0.1) is 11.2 Å². The van der Waals surface area contributed by atoms with Crippen LogP contribution in [0.3, 0.4) is 0 Å². The van der Waals surface area contributed by atoms with Crippen molar-refractivity contribution in [2.24, 2.45) is 11.1 Å². The number of ketones is 1. The first-order chi connectivity index (χ1) is 17.3. The summed E-state index contributed by atoms with van der Waals surface area (Å²) in [5, 5.41) is 0. The molecule has 2 N–H and O–H groups in total. The second kappa shape index (κ2) is 8.92. The van der Waals surface area contributed by atoms with E-state index in [-0.39, 0.29) is 5.78 Å². The third-order valence-corrected chi connectivity index (χ3v) is 6.33. The number of halogens is 1. The fraction of sp³-hybridized carbons (Fsp3) is 0.185. The monoisotopic (exact) mass is 486 g/mol. The number of carbonyl (C=O) groups excluding carboxylic acids is 3. The molecule has 2 heterocycles. The van der Waals surface area contributed by atoms with Crippen molar-refractivity contribution in [3.63, 3.8) is 0 Å². The van der Waals surface area contributed by atoms with Gasteiger partial charge >= 0.3 is 0 Å². The molecule has 4 aromatic rings. The van der Waals surface area contributed by atoms with Crippen LogP contribution in [0.15, 0.2) is 73.1 Å². The molecule has 182 valence electrons. The maximum atomic E-state index is 13.5. The summed E-state index contributed by atoms with van der Waals surface area (Å²) in [6.45, 7) is 2.41. The Morgan fingerprint density at radius 1 is 1.06 bits per heavy atom. The summed E-state index contributed by atoms with van der Waals surface area (Å²) in [7, 11) is 0. The molecule has 8 nitrogen and oxygen atoms in total. The second-order valence-electron chi connectivity index (χ2n) is 8.61. The SMILES string of the molecule is CCOc1ccn2c(C(=O)c3ccc(N(C(=O)C4(C(N)=O)CC4)c4ccc(F)cc4)cc3)cnc2c1. The maximum absolute atomic E-state index is 13.5. The summed E-state index contributed by atoms with van der Waals surface area (Å²) < 4.78 is 20.7. The molecule has 0 atom stereocenters. The fourth-order valence-corrected chi connectivity index (χ4v) is 4.17. The third kappa shape index (κ3) is 3.98. The summed E-state index contributed by atoms with van der Waals surface area (Å²) in [6.07, 6.45) is 3.94. The number of primary amides is 1. The number of imidazole rings is 1. The van der Waals surface area contributed by atoms with Crippen LogP contribution in [0.2, 0.25) is 0 Å². The summed E-state index contributed by atoms with van der Waals surface area (Å²) in [5.74, 6) is -1.22. The highest BCUT2D eigenvalue weighted by atomic mass is 19.1. The number of carbonyl (C=O) groups is 3. The van der Waals surface area contributed by atoms with Gasteiger partial charge in [0.2, 0.25) is 17.6 Å². The molecule has 1 aliphatic carbocycles. The first kappa shape index (κ1) is 23.2. The highest BCUT2D eigenvalue weighted by molar-refractivity contribution is 6.16. The number of nitrogens with two attached hydrogens (primary N) is 1. The number of hydrogen-bond acceptors (Lipinski definition) is 5. The van der Waals surface area contributed by atoms with E-state index in [1.54, 1.807) is 47.0 Å². The summed E-state index contributed by atoms with van der Waals surface area (Å²) in [6, 6.07) is 15.3. The number of benzene rings is 2. The maximum Gasteiger partial charge on any atom is 0.247 e. The molecular formula is C27H23FN4O4. The van der Waals surface area contributed by atoms with Crippen molar-refractivity contribution >= 4 is 34.6 Å². The number of hydrogen-bond donors (Lipinski definition) is 1. The van der Waals surface area contributed by atoms with Crippen molar-refractivity contribution < 1.29 is 23.5 Å². The molecule has 0 spiro atoms. The number of aromatic nitrogens is 2. The number of rotatable bonds is 8. The number of ether oxygens (including phenoxy) is 1. The van der Waals surface area contributed by atoms with Crippen molar-refractivity contribution in [2.45, 2.75) is 19.8 Å². The van der Waals surface area contributed by atoms with E-state index in [1.165, 1.54) is 35.4 Å². The quantitative estimate of drug-likeness (QED) is 0.299. The molecule has 2 aromatic carbocycles. The Balaban J connectivity index is 1.47. The van der Waals surface area contributed by atoms with Crippen LogP contribution < -0.4 is 15.4 Å². The average molecular weight is 487 g/mol. The predicted molar refractivity (Wildman–Crippen MR) is 131 cm³/mol. The Morgan fingerprint density at radius 2 is 1.69 bits per heavy atom. The van der Waals surface area contributed by atoms with Gasteiger partial charge in [0.05, 0.1) is 12.8 Å². The lowest BCUT2D eigenvalue weighted by Crippen LogP contribution is -2.41. The Hall–Kier alpha value is -4.53. The topological polar surface area (TPSA) is 107 Å². The van der Waals surface area contributed by atoms with Crippen LogP contribution in [0.5, 0.6) is 5.75 Å². The molecule has 1 fully saturated rings. The van der Waals surface area contributed by atoms with Crippen LogP contribution in [0.4, 0.5) is 15.8 Å². The van der Waals surface area contributed by atoms with Crippen LogP contribution in [-0.2, 0) is 9.59 Å². The second-order valence-corrected chi connectivity index (χ2v) is 8.61. The van der Waals surface area contributed by atoms with E-state index in [2.05, 4.69) is 4.98 Å². The Kier molecular flexibility index (Phi) is 5.75. The summed E-state index contributed by atoms with van der Waals surface area (Å²) in [4.78, 5) is 44.4. The van der Waals surface area contributed by atoms with E-state index >= 15 is 0 Å². The molecule has 5 rings (SSSR count). The van der Waals surface area contributed by atoms with Gasteiger partial charge in [-0.25, -0.2) is 9.37 Å². The predicted octanol–water partition coefficient (Wildman–Crippen LogP) is 4.03.